The predicted molar refractivity (Wildman–Crippen MR) is 126 cm³/mol. The standard InChI is InChI=1S/C23H18F2N4O2S2/c24-16-4-1-5-17(25)18(16)19(30)20-21(26)29-23(33-20)28-14-8-6-13(7-9-14)22(31)27-11-10-15-3-2-12-32-15/h1-9,12H,10-11,26H2,(H,27,31)(H,28,29). The van der Waals surface area contributed by atoms with Gasteiger partial charge in [0.15, 0.2) is 5.13 Å². The summed E-state index contributed by atoms with van der Waals surface area (Å²) >= 11 is 2.53. The van der Waals surface area contributed by atoms with Gasteiger partial charge in [0.1, 0.15) is 22.3 Å². The maximum Gasteiger partial charge on any atom is 0.251 e. The summed E-state index contributed by atoms with van der Waals surface area (Å²) in [6, 6.07) is 13.9. The van der Waals surface area contributed by atoms with E-state index >= 15 is 0 Å². The molecular weight excluding hydrogens is 466 g/mol. The van der Waals surface area contributed by atoms with E-state index < -0.39 is 23.0 Å². The summed E-state index contributed by atoms with van der Waals surface area (Å²) in [5, 5.41) is 8.14. The van der Waals surface area contributed by atoms with Crippen LogP contribution in [-0.2, 0) is 6.42 Å². The highest BCUT2D eigenvalue weighted by Gasteiger charge is 2.24. The fraction of sp³-hybridized carbons (Fsp3) is 0.0870. The minimum Gasteiger partial charge on any atom is -0.382 e. The first kappa shape index (κ1) is 22.6. The Labute approximate surface area is 196 Å². The predicted octanol–water partition coefficient (Wildman–Crippen LogP) is 5.01. The second kappa shape index (κ2) is 9.88. The second-order valence-corrected chi connectivity index (χ2v) is 8.98. The molecule has 0 atom stereocenters. The summed E-state index contributed by atoms with van der Waals surface area (Å²) in [6.07, 6.45) is 0.770. The molecule has 4 rings (SSSR count). The number of carbonyl (C=O) groups is 2. The molecule has 4 N–H and O–H groups in total. The van der Waals surface area contributed by atoms with Crippen LogP contribution in [0, 0.1) is 11.6 Å². The quantitative estimate of drug-likeness (QED) is 0.306. The Morgan fingerprint density at radius 1 is 1.00 bits per heavy atom. The van der Waals surface area contributed by atoms with Crippen molar-refractivity contribution in [3.63, 3.8) is 0 Å². The van der Waals surface area contributed by atoms with Gasteiger partial charge in [-0.05, 0) is 54.3 Å². The fourth-order valence-electron chi connectivity index (χ4n) is 3.06. The van der Waals surface area contributed by atoms with E-state index in [4.69, 9.17) is 5.73 Å². The lowest BCUT2D eigenvalue weighted by atomic mass is 10.1. The molecule has 4 aromatic rings. The molecule has 0 bridgehead atoms. The van der Waals surface area contributed by atoms with E-state index in [-0.39, 0.29) is 21.7 Å². The van der Waals surface area contributed by atoms with Crippen molar-refractivity contribution >= 4 is 51.0 Å². The summed E-state index contributed by atoms with van der Waals surface area (Å²) in [5.74, 6) is -3.12. The van der Waals surface area contributed by atoms with Crippen LogP contribution in [0.4, 0.5) is 25.4 Å². The number of thiazole rings is 1. The molecule has 1 amide bonds. The van der Waals surface area contributed by atoms with Gasteiger partial charge >= 0.3 is 0 Å². The van der Waals surface area contributed by atoms with E-state index in [0.29, 0.717) is 17.8 Å². The van der Waals surface area contributed by atoms with Crippen molar-refractivity contribution in [3.05, 3.63) is 92.5 Å². The van der Waals surface area contributed by atoms with Crippen molar-refractivity contribution in [2.75, 3.05) is 17.6 Å². The summed E-state index contributed by atoms with van der Waals surface area (Å²) in [5.41, 5.74) is 6.25. The third-order valence-corrected chi connectivity index (χ3v) is 6.61. The summed E-state index contributed by atoms with van der Waals surface area (Å²) in [6.45, 7) is 0.539. The molecule has 0 spiro atoms. The molecule has 0 saturated carbocycles. The van der Waals surface area contributed by atoms with Crippen molar-refractivity contribution in [1.29, 1.82) is 0 Å². The SMILES string of the molecule is Nc1nc(Nc2ccc(C(=O)NCCc3cccs3)cc2)sc1C(=O)c1c(F)cccc1F. The molecule has 0 unspecified atom stereocenters. The minimum absolute atomic E-state index is 0.0664. The summed E-state index contributed by atoms with van der Waals surface area (Å²) < 4.78 is 27.9. The van der Waals surface area contributed by atoms with Gasteiger partial charge in [-0.15, -0.1) is 11.3 Å². The van der Waals surface area contributed by atoms with Gasteiger partial charge < -0.3 is 16.4 Å². The van der Waals surface area contributed by atoms with Crippen LogP contribution in [0.5, 0.6) is 0 Å². The number of carbonyl (C=O) groups excluding carboxylic acids is 2. The first-order chi connectivity index (χ1) is 15.9. The highest BCUT2D eigenvalue weighted by atomic mass is 32.1. The fourth-order valence-corrected chi connectivity index (χ4v) is 4.62. The number of aromatic nitrogens is 1. The molecule has 168 valence electrons. The molecule has 0 aliphatic rings. The zero-order valence-electron chi connectivity index (χ0n) is 17.1. The zero-order valence-corrected chi connectivity index (χ0v) is 18.7. The number of nitrogen functional groups attached to an aromatic ring is 1. The van der Waals surface area contributed by atoms with Crippen LogP contribution in [0.25, 0.3) is 0 Å². The topological polar surface area (TPSA) is 97.1 Å². The van der Waals surface area contributed by atoms with Crippen LogP contribution < -0.4 is 16.4 Å². The number of nitrogens with one attached hydrogen (secondary N) is 2. The largest absolute Gasteiger partial charge is 0.382 e. The number of amides is 1. The van der Waals surface area contributed by atoms with Crippen molar-refractivity contribution < 1.29 is 18.4 Å². The molecule has 0 saturated heterocycles. The molecule has 0 radical (unpaired) electrons. The minimum atomic E-state index is -0.966. The number of halogens is 2. The van der Waals surface area contributed by atoms with Crippen molar-refractivity contribution in [2.45, 2.75) is 6.42 Å². The Morgan fingerprint density at radius 2 is 1.73 bits per heavy atom. The van der Waals surface area contributed by atoms with Crippen LogP contribution >= 0.6 is 22.7 Å². The van der Waals surface area contributed by atoms with Gasteiger partial charge in [-0.1, -0.05) is 23.5 Å². The average molecular weight is 485 g/mol. The number of hydrogen-bond donors (Lipinski definition) is 3. The summed E-state index contributed by atoms with van der Waals surface area (Å²) in [4.78, 5) is 30.1. The average Bonchev–Trinajstić information content (AvgIpc) is 3.43. The number of hydrogen-bond acceptors (Lipinski definition) is 7. The van der Waals surface area contributed by atoms with Crippen molar-refractivity contribution in [3.8, 4) is 0 Å². The molecule has 10 heteroatoms. The molecule has 6 nitrogen and oxygen atoms in total. The maximum absolute atomic E-state index is 14.0. The first-order valence-electron chi connectivity index (χ1n) is 9.85. The van der Waals surface area contributed by atoms with Crippen LogP contribution in [0.15, 0.2) is 60.0 Å². The van der Waals surface area contributed by atoms with Crippen molar-refractivity contribution in [1.82, 2.24) is 10.3 Å². The molecule has 2 aromatic heterocycles. The molecule has 0 aliphatic carbocycles. The van der Waals surface area contributed by atoms with Gasteiger partial charge in [-0.2, -0.15) is 0 Å². The van der Waals surface area contributed by atoms with Crippen molar-refractivity contribution in [2.24, 2.45) is 0 Å². The Balaban J connectivity index is 1.40. The second-order valence-electron chi connectivity index (χ2n) is 6.95. The highest BCUT2D eigenvalue weighted by molar-refractivity contribution is 7.18. The molecule has 0 aliphatic heterocycles. The molecule has 33 heavy (non-hydrogen) atoms. The monoisotopic (exact) mass is 484 g/mol. The number of thiophene rings is 1. The van der Waals surface area contributed by atoms with Crippen LogP contribution in [0.3, 0.4) is 0 Å². The molecule has 2 heterocycles. The van der Waals surface area contributed by atoms with Gasteiger partial charge in [-0.3, -0.25) is 9.59 Å². The van der Waals surface area contributed by atoms with E-state index in [9.17, 15) is 18.4 Å². The number of nitrogens with zero attached hydrogens (tertiary/aromatic N) is 1. The molecule has 0 fully saturated rings. The number of rotatable bonds is 8. The lowest BCUT2D eigenvalue weighted by Gasteiger charge is -2.06. The number of ketones is 1. The number of nitrogens with two attached hydrogens (primary N) is 1. The smallest absolute Gasteiger partial charge is 0.251 e. The van der Waals surface area contributed by atoms with Gasteiger partial charge in [0.05, 0.1) is 5.56 Å². The van der Waals surface area contributed by atoms with Crippen LogP contribution in [0.2, 0.25) is 0 Å². The number of anilines is 3. The first-order valence-corrected chi connectivity index (χ1v) is 11.5. The third kappa shape index (κ3) is 5.24. The Bertz CT molecular complexity index is 1270. The van der Waals surface area contributed by atoms with Crippen LogP contribution in [0.1, 0.15) is 30.5 Å². The number of benzene rings is 2. The van der Waals surface area contributed by atoms with E-state index in [1.54, 1.807) is 35.6 Å². The zero-order chi connectivity index (χ0) is 23.4. The lowest BCUT2D eigenvalue weighted by molar-refractivity contribution is 0.0953. The van der Waals surface area contributed by atoms with Gasteiger partial charge in [0.25, 0.3) is 5.91 Å². The molecule has 2 aromatic carbocycles. The van der Waals surface area contributed by atoms with E-state index in [0.717, 1.165) is 29.9 Å². The highest BCUT2D eigenvalue weighted by Crippen LogP contribution is 2.31. The lowest BCUT2D eigenvalue weighted by Crippen LogP contribution is -2.25. The van der Waals surface area contributed by atoms with E-state index in [1.807, 2.05) is 17.5 Å². The maximum atomic E-state index is 14.0. The third-order valence-electron chi connectivity index (χ3n) is 4.68. The van der Waals surface area contributed by atoms with Crippen LogP contribution in [-0.4, -0.2) is 23.2 Å². The molecular formula is C23H18F2N4O2S2. The van der Waals surface area contributed by atoms with Gasteiger partial charge in [0, 0.05) is 22.7 Å². The van der Waals surface area contributed by atoms with Gasteiger partial charge in [-0.25, -0.2) is 13.8 Å². The Hall–Kier alpha value is -3.63. The normalized spacial score (nSPS) is 10.7. The van der Waals surface area contributed by atoms with E-state index in [2.05, 4.69) is 15.6 Å². The van der Waals surface area contributed by atoms with Gasteiger partial charge in [0.2, 0.25) is 5.78 Å². The Kier molecular flexibility index (Phi) is 6.76. The van der Waals surface area contributed by atoms with E-state index in [1.165, 1.54) is 10.9 Å². The summed E-state index contributed by atoms with van der Waals surface area (Å²) in [7, 11) is 0. The Morgan fingerprint density at radius 3 is 2.39 bits per heavy atom.